The third kappa shape index (κ3) is 2.44. The number of ether oxygens (including phenoxy) is 1. The smallest absolute Gasteiger partial charge is 0.235 e. The van der Waals surface area contributed by atoms with E-state index in [1.807, 2.05) is 19.1 Å². The first-order valence-corrected chi connectivity index (χ1v) is 4.85. The molecule has 0 saturated heterocycles. The van der Waals surface area contributed by atoms with Crippen LogP contribution in [0.25, 0.3) is 0 Å². The monoisotopic (exact) mass is 255 g/mol. The molecule has 0 heterocycles. The maximum atomic E-state index is 9.95. The van der Waals surface area contributed by atoms with Crippen molar-refractivity contribution in [2.75, 3.05) is 7.11 Å². The number of carbonyl (C=O) groups excluding carboxylic acids is 1. The second-order valence-electron chi connectivity index (χ2n) is 2.81. The molecule has 0 N–H and O–H groups in total. The third-order valence-electron chi connectivity index (χ3n) is 1.90. The molecule has 0 amide bonds. The Labute approximate surface area is 90.9 Å². The SMILES string of the molecule is COc1cc(CN=C=O)cc(Br)c1C. The molecule has 0 fully saturated rings. The average molecular weight is 256 g/mol. The Kier molecular flexibility index (Phi) is 3.86. The van der Waals surface area contributed by atoms with Gasteiger partial charge in [-0.15, -0.1) is 0 Å². The maximum Gasteiger partial charge on any atom is 0.235 e. The minimum atomic E-state index is 0.332. The fourth-order valence-electron chi connectivity index (χ4n) is 1.13. The number of rotatable bonds is 3. The van der Waals surface area contributed by atoms with E-state index in [2.05, 4.69) is 20.9 Å². The lowest BCUT2D eigenvalue weighted by Crippen LogP contribution is -1.91. The molecular formula is C10H10BrNO2. The van der Waals surface area contributed by atoms with Gasteiger partial charge in [-0.25, -0.2) is 9.79 Å². The minimum Gasteiger partial charge on any atom is -0.496 e. The van der Waals surface area contributed by atoms with Crippen molar-refractivity contribution in [3.8, 4) is 5.75 Å². The molecule has 1 aromatic carbocycles. The summed E-state index contributed by atoms with van der Waals surface area (Å²) in [6.45, 7) is 2.29. The molecule has 4 heteroatoms. The van der Waals surface area contributed by atoms with Crippen LogP contribution in [0.1, 0.15) is 11.1 Å². The van der Waals surface area contributed by atoms with Gasteiger partial charge in [0.2, 0.25) is 6.08 Å². The quantitative estimate of drug-likeness (QED) is 0.615. The topological polar surface area (TPSA) is 38.7 Å². The molecule has 0 bridgehead atoms. The van der Waals surface area contributed by atoms with Gasteiger partial charge in [-0.2, -0.15) is 0 Å². The highest BCUT2D eigenvalue weighted by atomic mass is 79.9. The van der Waals surface area contributed by atoms with Crippen molar-refractivity contribution in [3.05, 3.63) is 27.7 Å². The van der Waals surface area contributed by atoms with Gasteiger partial charge in [0, 0.05) is 10.0 Å². The van der Waals surface area contributed by atoms with Crippen molar-refractivity contribution >= 4 is 22.0 Å². The number of halogens is 1. The zero-order valence-electron chi connectivity index (χ0n) is 8.00. The van der Waals surface area contributed by atoms with E-state index in [0.717, 1.165) is 21.3 Å². The van der Waals surface area contributed by atoms with E-state index in [9.17, 15) is 4.79 Å². The molecule has 74 valence electrons. The molecule has 3 nitrogen and oxygen atoms in total. The fraction of sp³-hybridized carbons (Fsp3) is 0.300. The average Bonchev–Trinajstić information content (AvgIpc) is 2.19. The first-order valence-electron chi connectivity index (χ1n) is 4.05. The summed E-state index contributed by atoms with van der Waals surface area (Å²) < 4.78 is 6.13. The summed E-state index contributed by atoms with van der Waals surface area (Å²) in [5, 5.41) is 0. The number of hydrogen-bond donors (Lipinski definition) is 0. The van der Waals surface area contributed by atoms with Gasteiger partial charge in [0.05, 0.1) is 13.7 Å². The number of benzene rings is 1. The van der Waals surface area contributed by atoms with Crippen LogP contribution >= 0.6 is 15.9 Å². The minimum absolute atomic E-state index is 0.332. The highest BCUT2D eigenvalue weighted by molar-refractivity contribution is 9.10. The third-order valence-corrected chi connectivity index (χ3v) is 2.73. The summed E-state index contributed by atoms with van der Waals surface area (Å²) in [5.74, 6) is 0.787. The van der Waals surface area contributed by atoms with Crippen molar-refractivity contribution in [2.24, 2.45) is 4.99 Å². The predicted molar refractivity (Wildman–Crippen MR) is 57.3 cm³/mol. The molecule has 0 aromatic heterocycles. The second kappa shape index (κ2) is 4.94. The number of methoxy groups -OCH3 is 1. The van der Waals surface area contributed by atoms with Gasteiger partial charge in [0.15, 0.2) is 0 Å². The molecule has 0 unspecified atom stereocenters. The molecule has 0 aliphatic heterocycles. The van der Waals surface area contributed by atoms with E-state index in [1.165, 1.54) is 6.08 Å². The number of nitrogens with zero attached hydrogens (tertiary/aromatic N) is 1. The van der Waals surface area contributed by atoms with Crippen LogP contribution in [0.2, 0.25) is 0 Å². The van der Waals surface area contributed by atoms with E-state index < -0.39 is 0 Å². The largest absolute Gasteiger partial charge is 0.496 e. The van der Waals surface area contributed by atoms with Crippen LogP contribution in [0.5, 0.6) is 5.75 Å². The zero-order chi connectivity index (χ0) is 10.6. The Bertz CT molecular complexity index is 384. The maximum absolute atomic E-state index is 9.95. The lowest BCUT2D eigenvalue weighted by Gasteiger charge is -2.08. The van der Waals surface area contributed by atoms with Crippen LogP contribution < -0.4 is 4.74 Å². The van der Waals surface area contributed by atoms with Crippen LogP contribution in [0, 0.1) is 6.92 Å². The summed E-state index contributed by atoms with van der Waals surface area (Å²) in [4.78, 5) is 13.5. The van der Waals surface area contributed by atoms with Gasteiger partial charge in [0.1, 0.15) is 5.75 Å². The van der Waals surface area contributed by atoms with Gasteiger partial charge in [-0.05, 0) is 24.6 Å². The second-order valence-corrected chi connectivity index (χ2v) is 3.67. The Morgan fingerprint density at radius 3 is 2.86 bits per heavy atom. The van der Waals surface area contributed by atoms with Gasteiger partial charge < -0.3 is 4.74 Å². The lowest BCUT2D eigenvalue weighted by atomic mass is 10.1. The van der Waals surface area contributed by atoms with Crippen molar-refractivity contribution in [3.63, 3.8) is 0 Å². The first kappa shape index (κ1) is 11.0. The number of aliphatic imine (C=N–C) groups is 1. The molecule has 0 atom stereocenters. The van der Waals surface area contributed by atoms with Crippen LogP contribution in [0.4, 0.5) is 0 Å². The van der Waals surface area contributed by atoms with Gasteiger partial charge in [-0.3, -0.25) is 0 Å². The zero-order valence-corrected chi connectivity index (χ0v) is 9.59. The summed E-state index contributed by atoms with van der Waals surface area (Å²) in [5.41, 5.74) is 1.95. The van der Waals surface area contributed by atoms with Gasteiger partial charge in [0.25, 0.3) is 0 Å². The molecule has 0 aliphatic carbocycles. The van der Waals surface area contributed by atoms with E-state index in [1.54, 1.807) is 7.11 Å². The molecule has 0 saturated carbocycles. The summed E-state index contributed by atoms with van der Waals surface area (Å²) in [6.07, 6.45) is 1.51. The van der Waals surface area contributed by atoms with Crippen LogP contribution in [0.15, 0.2) is 21.6 Å². The molecular weight excluding hydrogens is 246 g/mol. The highest BCUT2D eigenvalue weighted by Gasteiger charge is 2.04. The lowest BCUT2D eigenvalue weighted by molar-refractivity contribution is 0.411. The molecule has 0 radical (unpaired) electrons. The van der Waals surface area contributed by atoms with Crippen LogP contribution in [-0.4, -0.2) is 13.2 Å². The Morgan fingerprint density at radius 1 is 1.57 bits per heavy atom. The van der Waals surface area contributed by atoms with Gasteiger partial charge >= 0.3 is 0 Å². The summed E-state index contributed by atoms with van der Waals surface area (Å²) >= 11 is 3.41. The van der Waals surface area contributed by atoms with E-state index in [4.69, 9.17) is 4.74 Å². The van der Waals surface area contributed by atoms with E-state index >= 15 is 0 Å². The van der Waals surface area contributed by atoms with Crippen LogP contribution in [-0.2, 0) is 11.3 Å². The van der Waals surface area contributed by atoms with Crippen LogP contribution in [0.3, 0.4) is 0 Å². The summed E-state index contributed by atoms with van der Waals surface area (Å²) in [7, 11) is 1.61. The number of hydrogen-bond acceptors (Lipinski definition) is 3. The normalized spacial score (nSPS) is 9.36. The van der Waals surface area contributed by atoms with Gasteiger partial charge in [-0.1, -0.05) is 15.9 Å². The van der Waals surface area contributed by atoms with Crippen molar-refractivity contribution in [1.82, 2.24) is 0 Å². The van der Waals surface area contributed by atoms with Crippen molar-refractivity contribution in [1.29, 1.82) is 0 Å². The van der Waals surface area contributed by atoms with Crippen molar-refractivity contribution in [2.45, 2.75) is 13.5 Å². The molecule has 1 aromatic rings. The highest BCUT2D eigenvalue weighted by Crippen LogP contribution is 2.27. The Hall–Kier alpha value is -1.12. The van der Waals surface area contributed by atoms with Crippen molar-refractivity contribution < 1.29 is 9.53 Å². The fourth-order valence-corrected chi connectivity index (χ4v) is 1.62. The summed E-state index contributed by atoms with van der Waals surface area (Å²) in [6, 6.07) is 3.78. The first-order chi connectivity index (χ1) is 6.69. The van der Waals surface area contributed by atoms with E-state index in [0.29, 0.717) is 6.54 Å². The van der Waals surface area contributed by atoms with E-state index in [-0.39, 0.29) is 0 Å². The predicted octanol–water partition coefficient (Wildman–Crippen LogP) is 2.60. The standard InChI is InChI=1S/C10H10BrNO2/c1-7-9(11)3-8(5-12-6-13)4-10(7)14-2/h3-4H,5H2,1-2H3. The Morgan fingerprint density at radius 2 is 2.29 bits per heavy atom. The molecule has 0 spiro atoms. The molecule has 0 aliphatic rings. The molecule has 1 rings (SSSR count). The molecule has 14 heavy (non-hydrogen) atoms. The Balaban J connectivity index is 3.09. The number of isocyanates is 1.